The average Bonchev–Trinajstić information content (AvgIpc) is 2.79. The van der Waals surface area contributed by atoms with Crippen molar-refractivity contribution in [1.29, 1.82) is 0 Å². The molecule has 21 heavy (non-hydrogen) atoms. The first-order valence-corrected chi connectivity index (χ1v) is 6.84. The fraction of sp³-hybridized carbons (Fsp3) is 0.692. The summed E-state index contributed by atoms with van der Waals surface area (Å²) < 4.78 is 44.4. The van der Waals surface area contributed by atoms with E-state index in [4.69, 9.17) is 4.74 Å². The van der Waals surface area contributed by atoms with E-state index < -0.39 is 24.7 Å². The zero-order valence-electron chi connectivity index (χ0n) is 12.0. The summed E-state index contributed by atoms with van der Waals surface area (Å²) in [5.74, 6) is -0.424. The molecule has 0 aliphatic carbocycles. The largest absolute Gasteiger partial charge is 0.416 e. The van der Waals surface area contributed by atoms with Crippen LogP contribution in [0.15, 0.2) is 6.20 Å². The van der Waals surface area contributed by atoms with Gasteiger partial charge in [-0.2, -0.15) is 18.3 Å². The number of amides is 1. The molecule has 5 nitrogen and oxygen atoms in total. The van der Waals surface area contributed by atoms with Crippen LogP contribution in [0.4, 0.5) is 13.2 Å². The number of hydrogen-bond acceptors (Lipinski definition) is 3. The van der Waals surface area contributed by atoms with Gasteiger partial charge < -0.3 is 9.64 Å². The first-order chi connectivity index (χ1) is 9.84. The number of nitrogens with zero attached hydrogens (tertiary/aromatic N) is 3. The molecule has 8 heteroatoms. The van der Waals surface area contributed by atoms with Crippen molar-refractivity contribution in [3.8, 4) is 0 Å². The number of aromatic nitrogens is 2. The van der Waals surface area contributed by atoms with E-state index in [0.717, 1.165) is 6.42 Å². The van der Waals surface area contributed by atoms with Crippen LogP contribution in [0, 0.1) is 6.92 Å². The third-order valence-corrected chi connectivity index (χ3v) is 3.49. The molecule has 0 N–H and O–H groups in total. The molecule has 0 spiro atoms. The average molecular weight is 305 g/mol. The predicted molar refractivity (Wildman–Crippen MR) is 69.0 cm³/mol. The minimum atomic E-state index is -4.46. The summed E-state index contributed by atoms with van der Waals surface area (Å²) in [5.41, 5.74) is 1.03. The molecule has 0 radical (unpaired) electrons. The van der Waals surface area contributed by atoms with Gasteiger partial charge in [-0.15, -0.1) is 0 Å². The Balaban J connectivity index is 2.13. The van der Waals surface area contributed by atoms with Crippen LogP contribution in [-0.4, -0.2) is 52.6 Å². The number of aryl methyl sites for hydroxylation is 1. The molecule has 1 saturated heterocycles. The minimum Gasteiger partial charge on any atom is -0.365 e. The number of ether oxygens (including phenoxy) is 1. The van der Waals surface area contributed by atoms with Crippen LogP contribution in [0.1, 0.15) is 29.4 Å². The van der Waals surface area contributed by atoms with Gasteiger partial charge in [-0.05, 0) is 13.3 Å². The number of alkyl halides is 3. The minimum absolute atomic E-state index is 0.113. The van der Waals surface area contributed by atoms with Crippen molar-refractivity contribution in [2.24, 2.45) is 0 Å². The van der Waals surface area contributed by atoms with Crippen molar-refractivity contribution in [1.82, 2.24) is 14.7 Å². The van der Waals surface area contributed by atoms with Crippen LogP contribution in [0.2, 0.25) is 0 Å². The van der Waals surface area contributed by atoms with Gasteiger partial charge in [0, 0.05) is 18.8 Å². The Morgan fingerprint density at radius 1 is 1.52 bits per heavy atom. The highest BCUT2D eigenvalue weighted by Gasteiger charge is 2.44. The molecule has 1 aliphatic heterocycles. The van der Waals surface area contributed by atoms with Crippen molar-refractivity contribution < 1.29 is 22.7 Å². The number of carbonyl (C=O) groups is 1. The topological polar surface area (TPSA) is 47.4 Å². The highest BCUT2D eigenvalue weighted by Crippen LogP contribution is 2.26. The van der Waals surface area contributed by atoms with Crippen LogP contribution < -0.4 is 0 Å². The molecule has 1 aliphatic rings. The lowest BCUT2D eigenvalue weighted by molar-refractivity contribution is -0.233. The number of morpholine rings is 1. The Labute approximate surface area is 120 Å². The second kappa shape index (κ2) is 6.05. The molecule has 0 unspecified atom stereocenters. The first kappa shape index (κ1) is 15.8. The number of halogens is 3. The van der Waals surface area contributed by atoms with Crippen LogP contribution in [0.5, 0.6) is 0 Å². The highest BCUT2D eigenvalue weighted by molar-refractivity contribution is 5.95. The Morgan fingerprint density at radius 2 is 2.24 bits per heavy atom. The molecule has 0 aromatic carbocycles. The molecule has 1 aromatic heterocycles. The molecular formula is C13H18F3N3O2. The van der Waals surface area contributed by atoms with Gasteiger partial charge in [-0.25, -0.2) is 0 Å². The molecule has 1 atom stereocenters. The Kier molecular flexibility index (Phi) is 4.55. The van der Waals surface area contributed by atoms with Gasteiger partial charge in [0.25, 0.3) is 5.91 Å². The van der Waals surface area contributed by atoms with E-state index in [9.17, 15) is 18.0 Å². The molecule has 1 fully saturated rings. The summed E-state index contributed by atoms with van der Waals surface area (Å²) in [6.45, 7) is 3.98. The Morgan fingerprint density at radius 3 is 2.86 bits per heavy atom. The fourth-order valence-electron chi connectivity index (χ4n) is 2.30. The van der Waals surface area contributed by atoms with Crippen molar-refractivity contribution in [2.75, 3.05) is 19.7 Å². The quantitative estimate of drug-likeness (QED) is 0.858. The maximum absolute atomic E-state index is 12.7. The van der Waals surface area contributed by atoms with E-state index in [0.29, 0.717) is 17.8 Å². The normalized spacial score (nSPS) is 19.9. The molecule has 0 saturated carbocycles. The van der Waals surface area contributed by atoms with E-state index >= 15 is 0 Å². The van der Waals surface area contributed by atoms with Crippen molar-refractivity contribution in [3.63, 3.8) is 0 Å². The smallest absolute Gasteiger partial charge is 0.365 e. The van der Waals surface area contributed by atoms with Crippen molar-refractivity contribution >= 4 is 5.91 Å². The fourth-order valence-corrected chi connectivity index (χ4v) is 2.30. The van der Waals surface area contributed by atoms with Crippen LogP contribution >= 0.6 is 0 Å². The lowest BCUT2D eigenvalue weighted by Gasteiger charge is -2.33. The van der Waals surface area contributed by atoms with Gasteiger partial charge in [0.15, 0.2) is 6.10 Å². The predicted octanol–water partition coefficient (Wildman–Crippen LogP) is 2.00. The van der Waals surface area contributed by atoms with Crippen molar-refractivity contribution in [2.45, 2.75) is 39.1 Å². The molecule has 0 bridgehead atoms. The maximum atomic E-state index is 12.7. The number of rotatable bonds is 3. The number of hydrogen-bond donors (Lipinski definition) is 0. The summed E-state index contributed by atoms with van der Waals surface area (Å²) in [6, 6.07) is 0. The first-order valence-electron chi connectivity index (χ1n) is 6.84. The van der Waals surface area contributed by atoms with Gasteiger partial charge in [0.1, 0.15) is 0 Å². The monoisotopic (exact) mass is 305 g/mol. The van der Waals surface area contributed by atoms with Gasteiger partial charge in [-0.1, -0.05) is 6.92 Å². The summed E-state index contributed by atoms with van der Waals surface area (Å²) >= 11 is 0. The van der Waals surface area contributed by atoms with E-state index in [1.54, 1.807) is 11.6 Å². The SMILES string of the molecule is CCCn1ncc(C(=O)N2CCO[C@H](C(F)(F)F)C2)c1C. The van der Waals surface area contributed by atoms with Crippen LogP contribution in [-0.2, 0) is 11.3 Å². The Bertz CT molecular complexity index is 513. The van der Waals surface area contributed by atoms with Gasteiger partial charge in [0.05, 0.1) is 24.9 Å². The summed E-state index contributed by atoms with van der Waals surface area (Å²) in [7, 11) is 0. The summed E-state index contributed by atoms with van der Waals surface area (Å²) in [5, 5.41) is 4.10. The third-order valence-electron chi connectivity index (χ3n) is 3.49. The van der Waals surface area contributed by atoms with Crippen LogP contribution in [0.3, 0.4) is 0 Å². The zero-order valence-corrected chi connectivity index (χ0v) is 12.0. The van der Waals surface area contributed by atoms with E-state index in [2.05, 4.69) is 5.10 Å². The summed E-state index contributed by atoms with van der Waals surface area (Å²) in [4.78, 5) is 13.5. The molecule has 1 amide bonds. The second-order valence-electron chi connectivity index (χ2n) is 5.02. The third kappa shape index (κ3) is 3.37. The van der Waals surface area contributed by atoms with E-state index in [1.807, 2.05) is 6.92 Å². The standard InChI is InChI=1S/C13H18F3N3O2/c1-3-4-19-9(2)10(7-17-19)12(20)18-5-6-21-11(8-18)13(14,15)16/h7,11H,3-6,8H2,1-2H3/t11-/m0/s1. The maximum Gasteiger partial charge on any atom is 0.416 e. The molecule has 1 aromatic rings. The summed E-state index contributed by atoms with van der Waals surface area (Å²) in [6.07, 6.45) is -4.09. The molecule has 118 valence electrons. The van der Waals surface area contributed by atoms with Crippen LogP contribution in [0.25, 0.3) is 0 Å². The van der Waals surface area contributed by atoms with Crippen molar-refractivity contribution in [3.05, 3.63) is 17.5 Å². The highest BCUT2D eigenvalue weighted by atomic mass is 19.4. The lowest BCUT2D eigenvalue weighted by Crippen LogP contribution is -2.51. The van der Waals surface area contributed by atoms with E-state index in [-0.39, 0.29) is 13.2 Å². The van der Waals surface area contributed by atoms with Gasteiger partial charge in [0.2, 0.25) is 0 Å². The zero-order chi connectivity index (χ0) is 15.6. The second-order valence-corrected chi connectivity index (χ2v) is 5.02. The Hall–Kier alpha value is -1.57. The van der Waals surface area contributed by atoms with Gasteiger partial charge in [-0.3, -0.25) is 9.48 Å². The van der Waals surface area contributed by atoms with Gasteiger partial charge >= 0.3 is 6.18 Å². The van der Waals surface area contributed by atoms with E-state index in [1.165, 1.54) is 11.1 Å². The molecular weight excluding hydrogens is 287 g/mol. The number of carbonyl (C=O) groups excluding carboxylic acids is 1. The molecule has 2 rings (SSSR count). The molecule has 2 heterocycles. The lowest BCUT2D eigenvalue weighted by atomic mass is 10.2.